The Balaban J connectivity index is 2.96. The summed E-state index contributed by atoms with van der Waals surface area (Å²) >= 11 is 0. The van der Waals surface area contributed by atoms with E-state index in [9.17, 15) is 13.6 Å². The topological polar surface area (TPSA) is 37.3 Å². The zero-order valence-electron chi connectivity index (χ0n) is 9.04. The highest BCUT2D eigenvalue weighted by molar-refractivity contribution is 5.76. The fourth-order valence-corrected chi connectivity index (χ4v) is 1.60. The molecule has 0 fully saturated rings. The van der Waals surface area contributed by atoms with Crippen molar-refractivity contribution < 1.29 is 18.7 Å². The largest absolute Gasteiger partial charge is 0.481 e. The average molecular weight is 228 g/mol. The van der Waals surface area contributed by atoms with Gasteiger partial charge in [0, 0.05) is 11.6 Å². The fraction of sp³-hybridized carbons (Fsp3) is 0.417. The molecule has 16 heavy (non-hydrogen) atoms. The van der Waals surface area contributed by atoms with Crippen molar-refractivity contribution in [1.82, 2.24) is 0 Å². The van der Waals surface area contributed by atoms with Gasteiger partial charge in [0.05, 0.1) is 5.92 Å². The van der Waals surface area contributed by atoms with Gasteiger partial charge in [0.1, 0.15) is 11.6 Å². The van der Waals surface area contributed by atoms with Crippen LogP contribution in [0.2, 0.25) is 0 Å². The van der Waals surface area contributed by atoms with Gasteiger partial charge in [0.2, 0.25) is 0 Å². The summed E-state index contributed by atoms with van der Waals surface area (Å²) in [4.78, 5) is 11.0. The number of benzene rings is 1. The minimum atomic E-state index is -1.07. The van der Waals surface area contributed by atoms with Crippen LogP contribution >= 0.6 is 0 Å². The van der Waals surface area contributed by atoms with Crippen molar-refractivity contribution in [3.8, 4) is 0 Å². The number of carboxylic acids is 1. The third kappa shape index (κ3) is 3.02. The molecule has 0 spiro atoms. The Hall–Kier alpha value is -1.45. The van der Waals surface area contributed by atoms with Gasteiger partial charge in [0.25, 0.3) is 0 Å². The number of rotatable bonds is 5. The molecule has 88 valence electrons. The summed E-state index contributed by atoms with van der Waals surface area (Å²) in [6, 6.07) is 3.01. The summed E-state index contributed by atoms with van der Waals surface area (Å²) in [7, 11) is 0. The molecule has 0 aliphatic heterocycles. The normalized spacial score (nSPS) is 12.4. The molecule has 4 heteroatoms. The van der Waals surface area contributed by atoms with Crippen molar-refractivity contribution in [3.63, 3.8) is 0 Å². The molecule has 0 amide bonds. The number of unbranched alkanes of at least 4 members (excludes halogenated alkanes) is 1. The van der Waals surface area contributed by atoms with E-state index in [0.717, 1.165) is 18.6 Å². The van der Waals surface area contributed by atoms with Gasteiger partial charge in [-0.1, -0.05) is 25.8 Å². The van der Waals surface area contributed by atoms with E-state index in [1.165, 1.54) is 6.07 Å². The molecule has 1 N–H and O–H groups in total. The molecule has 0 saturated carbocycles. The predicted molar refractivity (Wildman–Crippen MR) is 56.3 cm³/mol. The van der Waals surface area contributed by atoms with Crippen LogP contribution < -0.4 is 0 Å². The summed E-state index contributed by atoms with van der Waals surface area (Å²) in [6.07, 6.45) is 1.91. The van der Waals surface area contributed by atoms with E-state index in [-0.39, 0.29) is 5.56 Å². The lowest BCUT2D eigenvalue weighted by Gasteiger charge is -2.12. The van der Waals surface area contributed by atoms with E-state index >= 15 is 0 Å². The first-order valence-electron chi connectivity index (χ1n) is 5.24. The molecular weight excluding hydrogens is 214 g/mol. The Morgan fingerprint density at radius 3 is 2.62 bits per heavy atom. The summed E-state index contributed by atoms with van der Waals surface area (Å²) in [6.45, 7) is 1.93. The maximum absolute atomic E-state index is 13.4. The van der Waals surface area contributed by atoms with Crippen LogP contribution in [0, 0.1) is 11.6 Å². The first kappa shape index (κ1) is 12.6. The smallest absolute Gasteiger partial charge is 0.311 e. The van der Waals surface area contributed by atoms with Crippen LogP contribution in [0.25, 0.3) is 0 Å². The molecule has 0 aliphatic carbocycles. The van der Waals surface area contributed by atoms with Crippen molar-refractivity contribution in [2.45, 2.75) is 32.1 Å². The molecule has 0 bridgehead atoms. The SMILES string of the molecule is CCCCC(C(=O)O)c1ccc(F)cc1F. The van der Waals surface area contributed by atoms with Crippen molar-refractivity contribution in [1.29, 1.82) is 0 Å². The molecule has 0 saturated heterocycles. The van der Waals surface area contributed by atoms with Crippen LogP contribution in [-0.2, 0) is 4.79 Å². The molecule has 2 nitrogen and oxygen atoms in total. The Bertz CT molecular complexity index is 377. The highest BCUT2D eigenvalue weighted by Crippen LogP contribution is 2.25. The van der Waals surface area contributed by atoms with Crippen LogP contribution in [0.1, 0.15) is 37.7 Å². The van der Waals surface area contributed by atoms with Gasteiger partial charge < -0.3 is 5.11 Å². The van der Waals surface area contributed by atoms with Gasteiger partial charge in [-0.15, -0.1) is 0 Å². The van der Waals surface area contributed by atoms with Crippen molar-refractivity contribution in [2.24, 2.45) is 0 Å². The van der Waals surface area contributed by atoms with Crippen LogP contribution in [0.5, 0.6) is 0 Å². The molecule has 0 aliphatic rings. The standard InChI is InChI=1S/C12H14F2O2/c1-2-3-4-10(12(15)16)9-6-5-8(13)7-11(9)14/h5-7,10H,2-4H2,1H3,(H,15,16). The maximum Gasteiger partial charge on any atom is 0.311 e. The van der Waals surface area contributed by atoms with Gasteiger partial charge in [0.15, 0.2) is 0 Å². The van der Waals surface area contributed by atoms with E-state index in [0.29, 0.717) is 12.8 Å². The highest BCUT2D eigenvalue weighted by atomic mass is 19.1. The lowest BCUT2D eigenvalue weighted by Crippen LogP contribution is -2.13. The quantitative estimate of drug-likeness (QED) is 0.839. The molecule has 0 heterocycles. The van der Waals surface area contributed by atoms with Crippen LogP contribution in [0.3, 0.4) is 0 Å². The summed E-state index contributed by atoms with van der Waals surface area (Å²) in [5.74, 6) is -3.44. The summed E-state index contributed by atoms with van der Waals surface area (Å²) in [5, 5.41) is 8.99. The molecule has 1 atom stereocenters. The van der Waals surface area contributed by atoms with E-state index in [1.807, 2.05) is 6.92 Å². The zero-order valence-corrected chi connectivity index (χ0v) is 9.04. The average Bonchev–Trinajstić information content (AvgIpc) is 2.20. The monoisotopic (exact) mass is 228 g/mol. The van der Waals surface area contributed by atoms with Gasteiger partial charge in [-0.3, -0.25) is 4.79 Å². The minimum Gasteiger partial charge on any atom is -0.481 e. The highest BCUT2D eigenvalue weighted by Gasteiger charge is 2.22. The first-order valence-corrected chi connectivity index (χ1v) is 5.24. The van der Waals surface area contributed by atoms with E-state index in [1.54, 1.807) is 0 Å². The Labute approximate surface area is 92.9 Å². The van der Waals surface area contributed by atoms with Crippen molar-refractivity contribution in [2.75, 3.05) is 0 Å². The lowest BCUT2D eigenvalue weighted by molar-refractivity contribution is -0.139. The predicted octanol–water partition coefficient (Wildman–Crippen LogP) is 3.32. The third-order valence-electron chi connectivity index (χ3n) is 2.48. The van der Waals surface area contributed by atoms with E-state index < -0.39 is 23.5 Å². The van der Waals surface area contributed by atoms with Crippen LogP contribution in [0.15, 0.2) is 18.2 Å². The number of carbonyl (C=O) groups is 1. The Kier molecular flexibility index (Phi) is 4.40. The van der Waals surface area contributed by atoms with Crippen molar-refractivity contribution in [3.05, 3.63) is 35.4 Å². The van der Waals surface area contributed by atoms with Crippen molar-refractivity contribution >= 4 is 5.97 Å². The molecule has 1 unspecified atom stereocenters. The second kappa shape index (κ2) is 5.58. The molecular formula is C12H14F2O2. The molecule has 0 aromatic heterocycles. The molecule has 1 aromatic carbocycles. The minimum absolute atomic E-state index is 0.0577. The number of hydrogen-bond acceptors (Lipinski definition) is 1. The van der Waals surface area contributed by atoms with Gasteiger partial charge in [-0.2, -0.15) is 0 Å². The number of halogens is 2. The molecule has 0 radical (unpaired) electrons. The zero-order chi connectivity index (χ0) is 12.1. The van der Waals surface area contributed by atoms with Crippen LogP contribution in [-0.4, -0.2) is 11.1 Å². The second-order valence-corrected chi connectivity index (χ2v) is 3.70. The van der Waals surface area contributed by atoms with E-state index in [4.69, 9.17) is 5.11 Å². The van der Waals surface area contributed by atoms with Gasteiger partial charge >= 0.3 is 5.97 Å². The maximum atomic E-state index is 13.4. The lowest BCUT2D eigenvalue weighted by atomic mass is 9.93. The van der Waals surface area contributed by atoms with Crippen LogP contribution in [0.4, 0.5) is 8.78 Å². The fourth-order valence-electron chi connectivity index (χ4n) is 1.60. The Morgan fingerprint density at radius 2 is 2.12 bits per heavy atom. The second-order valence-electron chi connectivity index (χ2n) is 3.70. The van der Waals surface area contributed by atoms with Gasteiger partial charge in [-0.25, -0.2) is 8.78 Å². The number of aliphatic carboxylic acids is 1. The number of hydrogen-bond donors (Lipinski definition) is 1. The number of carboxylic acid groups (broad SMARTS) is 1. The first-order chi connectivity index (χ1) is 7.56. The van der Waals surface area contributed by atoms with E-state index in [2.05, 4.69) is 0 Å². The Morgan fingerprint density at radius 1 is 1.44 bits per heavy atom. The third-order valence-corrected chi connectivity index (χ3v) is 2.48. The van der Waals surface area contributed by atoms with Gasteiger partial charge in [-0.05, 0) is 12.5 Å². The molecule has 1 rings (SSSR count). The molecule has 1 aromatic rings. The summed E-state index contributed by atoms with van der Waals surface area (Å²) < 4.78 is 26.1. The summed E-state index contributed by atoms with van der Waals surface area (Å²) in [5.41, 5.74) is 0.0577.